The molecule has 3 N–H and O–H groups in total. The van der Waals surface area contributed by atoms with Crippen molar-refractivity contribution in [3.8, 4) is 5.75 Å². The van der Waals surface area contributed by atoms with Crippen molar-refractivity contribution in [2.75, 3.05) is 20.2 Å². The fraction of sp³-hybridized carbons (Fsp3) is 0.571. The smallest absolute Gasteiger partial charge is 0.123 e. The maximum Gasteiger partial charge on any atom is 0.123 e. The van der Waals surface area contributed by atoms with E-state index in [4.69, 9.17) is 4.74 Å². The molecule has 0 aliphatic carbocycles. The van der Waals surface area contributed by atoms with Crippen LogP contribution in [-0.2, 0) is 0 Å². The van der Waals surface area contributed by atoms with Gasteiger partial charge in [0.05, 0.1) is 13.2 Å². The van der Waals surface area contributed by atoms with Crippen LogP contribution in [0.15, 0.2) is 24.3 Å². The first-order valence-corrected chi connectivity index (χ1v) is 6.62. The summed E-state index contributed by atoms with van der Waals surface area (Å²) in [5, 5.41) is 3.44. The Morgan fingerprint density at radius 3 is 2.78 bits per heavy atom. The summed E-state index contributed by atoms with van der Waals surface area (Å²) in [5.41, 5.74) is 7.94. The molecule has 0 amide bonds. The third kappa shape index (κ3) is 2.66. The van der Waals surface area contributed by atoms with Crippen LogP contribution in [-0.4, -0.2) is 26.2 Å². The minimum Gasteiger partial charge on any atom is -0.496 e. The largest absolute Gasteiger partial charge is 0.496 e. The van der Waals surface area contributed by atoms with Crippen LogP contribution in [0.2, 0.25) is 0 Å². The molecule has 0 aromatic heterocycles. The van der Waals surface area contributed by atoms with Crippen LogP contribution in [0, 0.1) is 5.92 Å². The van der Waals surface area contributed by atoms with Gasteiger partial charge >= 0.3 is 0 Å². The molecule has 0 saturated carbocycles. The molecule has 2 rings (SSSR count). The van der Waals surface area contributed by atoms with Gasteiger partial charge in [0.2, 0.25) is 0 Å². The molecule has 4 heteroatoms. The molecule has 1 heterocycles. The van der Waals surface area contributed by atoms with Crippen molar-refractivity contribution in [1.82, 2.24) is 16.2 Å². The minimum absolute atomic E-state index is 0.287. The van der Waals surface area contributed by atoms with E-state index in [9.17, 15) is 0 Å². The predicted octanol–water partition coefficient (Wildman–Crippen LogP) is 1.46. The number of hydrogen-bond acceptors (Lipinski definition) is 4. The third-order valence-electron chi connectivity index (χ3n) is 3.64. The molecule has 100 valence electrons. The summed E-state index contributed by atoms with van der Waals surface area (Å²) in [4.78, 5) is 0. The molecule has 4 nitrogen and oxygen atoms in total. The van der Waals surface area contributed by atoms with Gasteiger partial charge < -0.3 is 10.1 Å². The van der Waals surface area contributed by atoms with E-state index >= 15 is 0 Å². The Balaban J connectivity index is 2.20. The van der Waals surface area contributed by atoms with E-state index in [2.05, 4.69) is 42.1 Å². The van der Waals surface area contributed by atoms with Gasteiger partial charge in [0, 0.05) is 24.1 Å². The Kier molecular flexibility index (Phi) is 4.58. The number of hydrazine groups is 1. The van der Waals surface area contributed by atoms with Gasteiger partial charge in [0.1, 0.15) is 5.75 Å². The van der Waals surface area contributed by atoms with E-state index in [1.165, 1.54) is 5.56 Å². The van der Waals surface area contributed by atoms with Crippen molar-refractivity contribution in [3.05, 3.63) is 29.8 Å². The lowest BCUT2D eigenvalue weighted by Gasteiger charge is -2.23. The van der Waals surface area contributed by atoms with Crippen LogP contribution in [0.25, 0.3) is 0 Å². The fourth-order valence-corrected chi connectivity index (χ4v) is 2.56. The highest BCUT2D eigenvalue weighted by molar-refractivity contribution is 5.37. The van der Waals surface area contributed by atoms with Gasteiger partial charge in [-0.2, -0.15) is 0 Å². The zero-order valence-corrected chi connectivity index (χ0v) is 11.4. The summed E-state index contributed by atoms with van der Waals surface area (Å²) in [6.45, 7) is 6.35. The summed E-state index contributed by atoms with van der Waals surface area (Å²) >= 11 is 0. The van der Waals surface area contributed by atoms with Crippen LogP contribution < -0.4 is 20.9 Å². The van der Waals surface area contributed by atoms with Crippen LogP contribution in [0.4, 0.5) is 0 Å². The second kappa shape index (κ2) is 6.18. The number of methoxy groups -OCH3 is 1. The summed E-state index contributed by atoms with van der Waals surface area (Å²) in [5.74, 6) is 1.47. The zero-order chi connectivity index (χ0) is 13.0. The van der Waals surface area contributed by atoms with Crippen molar-refractivity contribution < 1.29 is 4.74 Å². The van der Waals surface area contributed by atoms with Crippen molar-refractivity contribution in [1.29, 1.82) is 0 Å². The maximum absolute atomic E-state index is 5.46. The number of ether oxygens (including phenoxy) is 1. The first-order valence-electron chi connectivity index (χ1n) is 6.62. The second-order valence-electron chi connectivity index (χ2n) is 4.77. The number of hydrogen-bond donors (Lipinski definition) is 3. The summed E-state index contributed by atoms with van der Waals surface area (Å²) in [6.07, 6.45) is 0. The minimum atomic E-state index is 0.287. The van der Waals surface area contributed by atoms with E-state index < -0.39 is 0 Å². The molecule has 1 aliphatic rings. The number of para-hydroxylation sites is 1. The molecule has 1 fully saturated rings. The quantitative estimate of drug-likeness (QED) is 0.739. The molecule has 1 aromatic rings. The molecule has 18 heavy (non-hydrogen) atoms. The highest BCUT2D eigenvalue weighted by Gasteiger charge is 2.34. The summed E-state index contributed by atoms with van der Waals surface area (Å²) in [7, 11) is 1.73. The first kappa shape index (κ1) is 13.3. The Hall–Kier alpha value is -1.10. The molecule has 1 saturated heterocycles. The van der Waals surface area contributed by atoms with Gasteiger partial charge in [-0.1, -0.05) is 25.1 Å². The molecule has 1 aliphatic heterocycles. The zero-order valence-electron chi connectivity index (χ0n) is 11.4. The fourth-order valence-electron chi connectivity index (χ4n) is 2.56. The highest BCUT2D eigenvalue weighted by Crippen LogP contribution is 2.33. The summed E-state index contributed by atoms with van der Waals surface area (Å²) < 4.78 is 5.46. The van der Waals surface area contributed by atoms with Crippen molar-refractivity contribution >= 4 is 0 Å². The molecular weight excluding hydrogens is 226 g/mol. The van der Waals surface area contributed by atoms with Gasteiger partial charge in [-0.05, 0) is 19.5 Å². The molecular formula is C14H23N3O. The lowest BCUT2D eigenvalue weighted by atomic mass is 9.89. The number of benzene rings is 1. The Labute approximate surface area is 109 Å². The predicted molar refractivity (Wildman–Crippen MR) is 73.5 cm³/mol. The first-order chi connectivity index (χ1) is 8.77. The monoisotopic (exact) mass is 249 g/mol. The average molecular weight is 249 g/mol. The molecule has 0 radical (unpaired) electrons. The van der Waals surface area contributed by atoms with Gasteiger partial charge in [-0.15, -0.1) is 0 Å². The van der Waals surface area contributed by atoms with Crippen LogP contribution in [0.1, 0.15) is 25.5 Å². The van der Waals surface area contributed by atoms with E-state index in [-0.39, 0.29) is 6.04 Å². The molecule has 0 spiro atoms. The number of nitrogens with one attached hydrogen (secondary N) is 3. The van der Waals surface area contributed by atoms with E-state index in [0.717, 1.165) is 18.8 Å². The van der Waals surface area contributed by atoms with Gasteiger partial charge in [-0.25, -0.2) is 5.43 Å². The van der Waals surface area contributed by atoms with E-state index in [1.807, 2.05) is 12.1 Å². The third-order valence-corrected chi connectivity index (χ3v) is 3.64. The molecule has 1 aromatic carbocycles. The lowest BCUT2D eigenvalue weighted by Crippen LogP contribution is -2.32. The van der Waals surface area contributed by atoms with Crippen LogP contribution in [0.3, 0.4) is 0 Å². The van der Waals surface area contributed by atoms with Gasteiger partial charge in [-0.3, -0.25) is 5.43 Å². The lowest BCUT2D eigenvalue weighted by molar-refractivity contribution is 0.375. The molecule has 3 unspecified atom stereocenters. The van der Waals surface area contributed by atoms with E-state index in [1.54, 1.807) is 7.11 Å². The van der Waals surface area contributed by atoms with Crippen LogP contribution in [0.5, 0.6) is 5.75 Å². The second-order valence-corrected chi connectivity index (χ2v) is 4.77. The molecule has 0 bridgehead atoms. The van der Waals surface area contributed by atoms with Crippen molar-refractivity contribution in [2.24, 2.45) is 5.92 Å². The topological polar surface area (TPSA) is 45.3 Å². The summed E-state index contributed by atoms with van der Waals surface area (Å²) in [6, 6.07) is 8.95. The Bertz CT molecular complexity index is 383. The van der Waals surface area contributed by atoms with E-state index in [0.29, 0.717) is 12.0 Å². The maximum atomic E-state index is 5.46. The van der Waals surface area contributed by atoms with Gasteiger partial charge in [0.15, 0.2) is 0 Å². The van der Waals surface area contributed by atoms with Crippen molar-refractivity contribution in [3.63, 3.8) is 0 Å². The Morgan fingerprint density at radius 1 is 1.28 bits per heavy atom. The van der Waals surface area contributed by atoms with Gasteiger partial charge in [0.25, 0.3) is 0 Å². The average Bonchev–Trinajstić information content (AvgIpc) is 2.77. The number of rotatable bonds is 5. The van der Waals surface area contributed by atoms with Crippen molar-refractivity contribution in [2.45, 2.75) is 25.9 Å². The normalized spacial score (nSPS) is 27.4. The SMILES string of the molecule is CCNCC1C(C)NNC1c1ccccc1OC. The molecule has 3 atom stereocenters. The standard InChI is InChI=1S/C14H23N3O/c1-4-15-9-12-10(2)16-17-14(12)11-7-5-6-8-13(11)18-3/h5-8,10,12,14-17H,4,9H2,1-3H3. The highest BCUT2D eigenvalue weighted by atomic mass is 16.5. The van der Waals surface area contributed by atoms with Crippen LogP contribution >= 0.6 is 0 Å². The Morgan fingerprint density at radius 2 is 2.06 bits per heavy atom.